The zero-order valence-corrected chi connectivity index (χ0v) is 14.1. The van der Waals surface area contributed by atoms with Crippen molar-refractivity contribution in [1.29, 1.82) is 0 Å². The van der Waals surface area contributed by atoms with Gasteiger partial charge in [0.2, 0.25) is 0 Å². The van der Waals surface area contributed by atoms with Crippen LogP contribution in [0.5, 0.6) is 0 Å². The SMILES string of the molecule is Cn1c(=O)c2c(nc(CC(=O)C(C=O)NCC(F)(F)F)n2C)n(C)c1=O. The molecule has 0 saturated carbocycles. The van der Waals surface area contributed by atoms with Gasteiger partial charge in [0.25, 0.3) is 5.56 Å². The van der Waals surface area contributed by atoms with E-state index in [1.807, 2.05) is 5.32 Å². The van der Waals surface area contributed by atoms with Gasteiger partial charge < -0.3 is 9.36 Å². The van der Waals surface area contributed by atoms with Crippen LogP contribution in [0, 0.1) is 0 Å². The number of aldehydes is 1. The third-order valence-corrected chi connectivity index (χ3v) is 3.91. The molecule has 0 aliphatic rings. The lowest BCUT2D eigenvalue weighted by molar-refractivity contribution is -0.133. The molecule has 1 unspecified atom stereocenters. The number of hydrogen-bond acceptors (Lipinski definition) is 6. The van der Waals surface area contributed by atoms with Crippen LogP contribution in [0.2, 0.25) is 0 Å². The Morgan fingerprint density at radius 2 is 1.81 bits per heavy atom. The Kier molecular flexibility index (Phi) is 5.16. The summed E-state index contributed by atoms with van der Waals surface area (Å²) in [6.07, 6.45) is -4.99. The lowest BCUT2D eigenvalue weighted by Crippen LogP contribution is -2.44. The number of rotatable bonds is 6. The Morgan fingerprint density at radius 1 is 1.19 bits per heavy atom. The fourth-order valence-electron chi connectivity index (χ4n) is 2.45. The molecule has 2 aromatic heterocycles. The van der Waals surface area contributed by atoms with Gasteiger partial charge in [-0.3, -0.25) is 24.0 Å². The van der Waals surface area contributed by atoms with Gasteiger partial charge in [0.1, 0.15) is 18.2 Å². The van der Waals surface area contributed by atoms with Crippen molar-refractivity contribution in [3.8, 4) is 0 Å². The fourth-order valence-corrected chi connectivity index (χ4v) is 2.45. The first kappa shape index (κ1) is 19.6. The summed E-state index contributed by atoms with van der Waals surface area (Å²) in [4.78, 5) is 51.3. The largest absolute Gasteiger partial charge is 0.401 e. The Balaban J connectivity index is 2.38. The standard InChI is InChI=1S/C14H16F3N5O4/c1-20-9(4-8(24)7(5-23)18-6-14(15,16)17)19-11-10(20)12(25)22(3)13(26)21(11)2/h5,7,18H,4,6H2,1-3H3. The first-order chi connectivity index (χ1) is 12.0. The smallest absolute Gasteiger partial charge is 0.325 e. The molecule has 2 aromatic rings. The molecule has 0 aromatic carbocycles. The summed E-state index contributed by atoms with van der Waals surface area (Å²) >= 11 is 0. The number of halogens is 3. The molecular weight excluding hydrogens is 359 g/mol. The highest BCUT2D eigenvalue weighted by Gasteiger charge is 2.30. The van der Waals surface area contributed by atoms with Gasteiger partial charge in [-0.15, -0.1) is 0 Å². The number of carbonyl (C=O) groups is 2. The second-order valence-electron chi connectivity index (χ2n) is 5.72. The van der Waals surface area contributed by atoms with Crippen LogP contribution in [-0.4, -0.2) is 49.5 Å². The summed E-state index contributed by atoms with van der Waals surface area (Å²) in [6.45, 7) is -1.50. The molecular formula is C14H16F3N5O4. The zero-order valence-electron chi connectivity index (χ0n) is 14.1. The molecule has 0 amide bonds. The van der Waals surface area contributed by atoms with Crippen LogP contribution in [-0.2, 0) is 37.2 Å². The lowest BCUT2D eigenvalue weighted by atomic mass is 10.1. The molecule has 1 N–H and O–H groups in total. The maximum atomic E-state index is 12.2. The average molecular weight is 375 g/mol. The molecule has 0 aliphatic heterocycles. The van der Waals surface area contributed by atoms with E-state index >= 15 is 0 Å². The van der Waals surface area contributed by atoms with Gasteiger partial charge in [0.15, 0.2) is 16.9 Å². The highest BCUT2D eigenvalue weighted by Crippen LogP contribution is 2.13. The van der Waals surface area contributed by atoms with Gasteiger partial charge in [0, 0.05) is 21.1 Å². The lowest BCUT2D eigenvalue weighted by Gasteiger charge is -2.13. The molecule has 0 radical (unpaired) electrons. The number of aromatic nitrogens is 4. The van der Waals surface area contributed by atoms with Crippen LogP contribution < -0.4 is 16.6 Å². The Hall–Kier alpha value is -2.76. The molecule has 2 rings (SSSR count). The minimum absolute atomic E-state index is 0.0364. The molecule has 0 saturated heterocycles. The first-order valence-electron chi connectivity index (χ1n) is 7.37. The van der Waals surface area contributed by atoms with Crippen LogP contribution in [0.3, 0.4) is 0 Å². The summed E-state index contributed by atoms with van der Waals surface area (Å²) in [6, 6.07) is -1.66. The topological polar surface area (TPSA) is 108 Å². The Labute approximate surface area is 144 Å². The zero-order chi connectivity index (χ0) is 19.8. The van der Waals surface area contributed by atoms with E-state index < -0.39 is 42.2 Å². The summed E-state index contributed by atoms with van der Waals surface area (Å²) in [7, 11) is 4.11. The summed E-state index contributed by atoms with van der Waals surface area (Å²) in [5, 5.41) is 1.82. The maximum Gasteiger partial charge on any atom is 0.401 e. The van der Waals surface area contributed by atoms with Crippen molar-refractivity contribution in [1.82, 2.24) is 24.0 Å². The van der Waals surface area contributed by atoms with Crippen molar-refractivity contribution in [2.75, 3.05) is 6.54 Å². The van der Waals surface area contributed by atoms with Crippen molar-refractivity contribution < 1.29 is 22.8 Å². The van der Waals surface area contributed by atoms with Crippen molar-refractivity contribution in [2.45, 2.75) is 18.6 Å². The normalized spacial score (nSPS) is 13.2. The fraction of sp³-hybridized carbons (Fsp3) is 0.500. The van der Waals surface area contributed by atoms with Crippen LogP contribution in [0.15, 0.2) is 9.59 Å². The van der Waals surface area contributed by atoms with Crippen LogP contribution >= 0.6 is 0 Å². The third-order valence-electron chi connectivity index (χ3n) is 3.91. The van der Waals surface area contributed by atoms with Gasteiger partial charge in [-0.1, -0.05) is 0 Å². The van der Waals surface area contributed by atoms with E-state index in [9.17, 15) is 32.3 Å². The van der Waals surface area contributed by atoms with Gasteiger partial charge in [0.05, 0.1) is 13.0 Å². The number of Topliss-reactive ketones (excluding diaryl/α,β-unsaturated/α-hetero) is 1. The van der Waals surface area contributed by atoms with Crippen molar-refractivity contribution >= 4 is 23.2 Å². The predicted molar refractivity (Wildman–Crippen MR) is 83.8 cm³/mol. The number of alkyl halides is 3. The summed E-state index contributed by atoms with van der Waals surface area (Å²) in [5.74, 6) is -0.798. The number of hydrogen-bond donors (Lipinski definition) is 1. The second-order valence-corrected chi connectivity index (χ2v) is 5.72. The highest BCUT2D eigenvalue weighted by molar-refractivity contribution is 5.98. The van der Waals surface area contributed by atoms with E-state index in [0.717, 1.165) is 9.13 Å². The summed E-state index contributed by atoms with van der Waals surface area (Å²) in [5.41, 5.74) is -1.15. The molecule has 142 valence electrons. The predicted octanol–water partition coefficient (Wildman–Crippen LogP) is -1.20. The monoisotopic (exact) mass is 375 g/mol. The van der Waals surface area contributed by atoms with Crippen LogP contribution in [0.1, 0.15) is 5.82 Å². The van der Waals surface area contributed by atoms with Gasteiger partial charge in [-0.25, -0.2) is 9.78 Å². The highest BCUT2D eigenvalue weighted by atomic mass is 19.4. The first-order valence-corrected chi connectivity index (χ1v) is 7.37. The number of fused-ring (bicyclic) bond motifs is 1. The number of aryl methyl sites for hydroxylation is 2. The number of imidazole rings is 1. The van der Waals surface area contributed by atoms with E-state index in [4.69, 9.17) is 0 Å². The van der Waals surface area contributed by atoms with E-state index in [0.29, 0.717) is 0 Å². The quantitative estimate of drug-likeness (QED) is 0.502. The van der Waals surface area contributed by atoms with Crippen molar-refractivity contribution in [2.24, 2.45) is 21.1 Å². The molecule has 0 bridgehead atoms. The molecule has 2 heterocycles. The van der Waals surface area contributed by atoms with Crippen LogP contribution in [0.4, 0.5) is 13.2 Å². The van der Waals surface area contributed by atoms with Gasteiger partial charge in [-0.2, -0.15) is 13.2 Å². The van der Waals surface area contributed by atoms with Crippen molar-refractivity contribution in [3.05, 3.63) is 26.7 Å². The van der Waals surface area contributed by atoms with E-state index in [1.165, 1.54) is 25.7 Å². The number of nitrogens with zero attached hydrogens (tertiary/aromatic N) is 4. The average Bonchev–Trinajstić information content (AvgIpc) is 2.87. The molecule has 26 heavy (non-hydrogen) atoms. The number of carbonyl (C=O) groups excluding carboxylic acids is 2. The minimum Gasteiger partial charge on any atom is -0.325 e. The second kappa shape index (κ2) is 6.86. The minimum atomic E-state index is -4.58. The molecule has 0 aliphatic carbocycles. The maximum absolute atomic E-state index is 12.2. The van der Waals surface area contributed by atoms with E-state index in [2.05, 4.69) is 4.98 Å². The number of nitrogens with one attached hydrogen (secondary N) is 1. The van der Waals surface area contributed by atoms with E-state index in [-0.39, 0.29) is 23.3 Å². The number of ketones is 1. The van der Waals surface area contributed by atoms with Gasteiger partial charge >= 0.3 is 11.9 Å². The molecule has 0 fully saturated rings. The van der Waals surface area contributed by atoms with E-state index in [1.54, 1.807) is 0 Å². The van der Waals surface area contributed by atoms with Crippen LogP contribution in [0.25, 0.3) is 11.2 Å². The van der Waals surface area contributed by atoms with Gasteiger partial charge in [-0.05, 0) is 0 Å². The third kappa shape index (κ3) is 3.59. The molecule has 1 atom stereocenters. The molecule has 0 spiro atoms. The summed E-state index contributed by atoms with van der Waals surface area (Å²) < 4.78 is 40.0. The Morgan fingerprint density at radius 3 is 2.35 bits per heavy atom. The Bertz CT molecular complexity index is 986. The molecule has 12 heteroatoms. The molecule has 9 nitrogen and oxygen atoms in total. The van der Waals surface area contributed by atoms with Crippen molar-refractivity contribution in [3.63, 3.8) is 0 Å².